The zero-order valence-electron chi connectivity index (χ0n) is 12.2. The fourth-order valence-corrected chi connectivity index (χ4v) is 2.50. The average molecular weight is 288 g/mol. The van der Waals surface area contributed by atoms with Gasteiger partial charge in [0.2, 0.25) is 0 Å². The Morgan fingerprint density at radius 1 is 1.38 bits per heavy atom. The Balaban J connectivity index is 1.87. The number of carboxylic acid groups (broad SMARTS) is 1. The van der Waals surface area contributed by atoms with Gasteiger partial charge in [-0.25, -0.2) is 4.79 Å². The summed E-state index contributed by atoms with van der Waals surface area (Å²) >= 11 is 0. The van der Waals surface area contributed by atoms with Crippen molar-refractivity contribution in [2.75, 3.05) is 45.1 Å². The number of hydrogen-bond donors (Lipinski definition) is 2. The standard InChI is InChI=1S/C15H20N4O2/c1-17-14-10-12(2-3-13(14)11-16)4-5-18-6-8-19(9-7-18)15(20)21/h2-3,10,17H,4-9H2,1H3,(H,20,21). The van der Waals surface area contributed by atoms with Crippen LogP contribution < -0.4 is 5.32 Å². The van der Waals surface area contributed by atoms with Crippen molar-refractivity contribution in [1.82, 2.24) is 9.80 Å². The van der Waals surface area contributed by atoms with Crippen molar-refractivity contribution >= 4 is 11.8 Å². The molecule has 6 nitrogen and oxygen atoms in total. The van der Waals surface area contributed by atoms with Crippen molar-refractivity contribution in [3.63, 3.8) is 0 Å². The summed E-state index contributed by atoms with van der Waals surface area (Å²) in [5.41, 5.74) is 2.68. The van der Waals surface area contributed by atoms with E-state index in [9.17, 15) is 4.79 Å². The number of amides is 1. The van der Waals surface area contributed by atoms with Crippen LogP contribution >= 0.6 is 0 Å². The molecule has 2 rings (SSSR count). The summed E-state index contributed by atoms with van der Waals surface area (Å²) in [6.07, 6.45) is 0.0633. The van der Waals surface area contributed by atoms with E-state index < -0.39 is 6.09 Å². The molecule has 0 atom stereocenters. The SMILES string of the molecule is CNc1cc(CCN2CCN(C(=O)O)CC2)ccc1C#N. The zero-order chi connectivity index (χ0) is 15.2. The summed E-state index contributed by atoms with van der Waals surface area (Å²) < 4.78 is 0. The Morgan fingerprint density at radius 2 is 2.10 bits per heavy atom. The molecule has 1 heterocycles. The molecule has 112 valence electrons. The van der Waals surface area contributed by atoms with Crippen molar-refractivity contribution in [1.29, 1.82) is 5.26 Å². The van der Waals surface area contributed by atoms with Crippen LogP contribution in [0.1, 0.15) is 11.1 Å². The van der Waals surface area contributed by atoms with Crippen LogP contribution in [0.2, 0.25) is 0 Å². The molecule has 0 unspecified atom stereocenters. The molecule has 1 fully saturated rings. The number of nitrogens with one attached hydrogen (secondary N) is 1. The van der Waals surface area contributed by atoms with E-state index in [0.29, 0.717) is 18.7 Å². The van der Waals surface area contributed by atoms with Gasteiger partial charge < -0.3 is 15.3 Å². The predicted molar refractivity (Wildman–Crippen MR) is 80.4 cm³/mol. The number of nitrogens with zero attached hydrogens (tertiary/aromatic N) is 3. The van der Waals surface area contributed by atoms with Crippen molar-refractivity contribution in [2.24, 2.45) is 0 Å². The third kappa shape index (κ3) is 3.86. The minimum Gasteiger partial charge on any atom is -0.465 e. The zero-order valence-corrected chi connectivity index (χ0v) is 12.2. The number of rotatable bonds is 4. The van der Waals surface area contributed by atoms with E-state index in [0.717, 1.165) is 31.7 Å². The highest BCUT2D eigenvalue weighted by Crippen LogP contribution is 2.17. The molecule has 0 bridgehead atoms. The minimum absolute atomic E-state index is 0.574. The molecule has 0 spiro atoms. The summed E-state index contributed by atoms with van der Waals surface area (Å²) in [6.45, 7) is 3.61. The quantitative estimate of drug-likeness (QED) is 0.876. The summed E-state index contributed by atoms with van der Waals surface area (Å²) in [4.78, 5) is 14.6. The Hall–Kier alpha value is -2.26. The molecular weight excluding hydrogens is 268 g/mol. The van der Waals surface area contributed by atoms with E-state index in [1.54, 1.807) is 0 Å². The van der Waals surface area contributed by atoms with Crippen molar-refractivity contribution in [2.45, 2.75) is 6.42 Å². The highest BCUT2D eigenvalue weighted by molar-refractivity contribution is 5.65. The van der Waals surface area contributed by atoms with Crippen molar-refractivity contribution in [3.05, 3.63) is 29.3 Å². The summed E-state index contributed by atoms with van der Waals surface area (Å²) in [5.74, 6) is 0. The second-order valence-electron chi connectivity index (χ2n) is 5.10. The molecule has 0 radical (unpaired) electrons. The van der Waals surface area contributed by atoms with Gasteiger partial charge in [-0.15, -0.1) is 0 Å². The molecule has 2 N–H and O–H groups in total. The van der Waals surface area contributed by atoms with Crippen molar-refractivity contribution < 1.29 is 9.90 Å². The fourth-order valence-electron chi connectivity index (χ4n) is 2.50. The lowest BCUT2D eigenvalue weighted by atomic mass is 10.1. The molecule has 0 aliphatic carbocycles. The predicted octanol–water partition coefficient (Wildman–Crippen LogP) is 1.44. The number of benzene rings is 1. The normalized spacial score (nSPS) is 15.5. The van der Waals surface area contributed by atoms with Crippen LogP contribution in [0.4, 0.5) is 10.5 Å². The van der Waals surface area contributed by atoms with Gasteiger partial charge in [0.25, 0.3) is 0 Å². The third-order valence-corrected chi connectivity index (χ3v) is 3.83. The average Bonchev–Trinajstić information content (AvgIpc) is 2.52. The monoisotopic (exact) mass is 288 g/mol. The molecule has 1 saturated heterocycles. The van der Waals surface area contributed by atoms with Crippen LogP contribution in [-0.4, -0.2) is 60.8 Å². The first-order valence-corrected chi connectivity index (χ1v) is 7.05. The van der Waals surface area contributed by atoms with Crippen LogP contribution in [0.25, 0.3) is 0 Å². The van der Waals surface area contributed by atoms with E-state index in [-0.39, 0.29) is 0 Å². The van der Waals surface area contributed by atoms with Crippen LogP contribution in [-0.2, 0) is 6.42 Å². The van der Waals surface area contributed by atoms with E-state index >= 15 is 0 Å². The van der Waals surface area contributed by atoms with E-state index in [2.05, 4.69) is 16.3 Å². The Kier molecular flexibility index (Phi) is 5.01. The highest BCUT2D eigenvalue weighted by Gasteiger charge is 2.19. The van der Waals surface area contributed by atoms with Gasteiger partial charge in [0.1, 0.15) is 6.07 Å². The molecule has 6 heteroatoms. The lowest BCUT2D eigenvalue weighted by molar-refractivity contribution is 0.106. The lowest BCUT2D eigenvalue weighted by Crippen LogP contribution is -2.48. The molecular formula is C15H20N4O2. The molecule has 1 aromatic rings. The largest absolute Gasteiger partial charge is 0.465 e. The smallest absolute Gasteiger partial charge is 0.407 e. The first kappa shape index (κ1) is 15.1. The van der Waals surface area contributed by atoms with Gasteiger partial charge in [0, 0.05) is 39.8 Å². The Morgan fingerprint density at radius 3 is 2.67 bits per heavy atom. The first-order chi connectivity index (χ1) is 10.1. The van der Waals surface area contributed by atoms with E-state index in [1.807, 2.05) is 25.2 Å². The number of anilines is 1. The lowest BCUT2D eigenvalue weighted by Gasteiger charge is -2.33. The summed E-state index contributed by atoms with van der Waals surface area (Å²) in [6, 6.07) is 7.98. The van der Waals surface area contributed by atoms with E-state index in [1.165, 1.54) is 10.5 Å². The van der Waals surface area contributed by atoms with Gasteiger partial charge in [-0.2, -0.15) is 5.26 Å². The van der Waals surface area contributed by atoms with Gasteiger partial charge in [-0.05, 0) is 24.1 Å². The maximum atomic E-state index is 10.8. The minimum atomic E-state index is -0.833. The second-order valence-corrected chi connectivity index (χ2v) is 5.10. The second kappa shape index (κ2) is 6.95. The highest BCUT2D eigenvalue weighted by atomic mass is 16.4. The Bertz CT molecular complexity index is 545. The van der Waals surface area contributed by atoms with Gasteiger partial charge in [0.15, 0.2) is 0 Å². The van der Waals surface area contributed by atoms with Crippen LogP contribution in [0.15, 0.2) is 18.2 Å². The van der Waals surface area contributed by atoms with Crippen LogP contribution in [0.5, 0.6) is 0 Å². The maximum absolute atomic E-state index is 10.8. The number of piperazine rings is 1. The molecule has 1 aromatic carbocycles. The number of hydrogen-bond acceptors (Lipinski definition) is 4. The van der Waals surface area contributed by atoms with Crippen molar-refractivity contribution in [3.8, 4) is 6.07 Å². The molecule has 0 aromatic heterocycles. The summed E-state index contributed by atoms with van der Waals surface area (Å²) in [7, 11) is 1.81. The molecule has 1 amide bonds. The topological polar surface area (TPSA) is 79.6 Å². The molecule has 21 heavy (non-hydrogen) atoms. The molecule has 1 aliphatic rings. The number of nitriles is 1. The summed E-state index contributed by atoms with van der Waals surface area (Å²) in [5, 5.41) is 20.9. The first-order valence-electron chi connectivity index (χ1n) is 7.05. The fraction of sp³-hybridized carbons (Fsp3) is 0.467. The van der Waals surface area contributed by atoms with Crippen LogP contribution in [0.3, 0.4) is 0 Å². The third-order valence-electron chi connectivity index (χ3n) is 3.83. The van der Waals surface area contributed by atoms with E-state index in [4.69, 9.17) is 10.4 Å². The maximum Gasteiger partial charge on any atom is 0.407 e. The van der Waals surface area contributed by atoms with Crippen LogP contribution in [0, 0.1) is 11.3 Å². The molecule has 1 aliphatic heterocycles. The van der Waals surface area contributed by atoms with Gasteiger partial charge in [-0.3, -0.25) is 4.90 Å². The van der Waals surface area contributed by atoms with Gasteiger partial charge in [0.05, 0.1) is 11.3 Å². The van der Waals surface area contributed by atoms with Gasteiger partial charge in [-0.1, -0.05) is 6.07 Å². The van der Waals surface area contributed by atoms with Gasteiger partial charge >= 0.3 is 6.09 Å². The number of carbonyl (C=O) groups is 1. The molecule has 0 saturated carbocycles. The Labute approximate surface area is 124 Å².